The van der Waals surface area contributed by atoms with E-state index in [0.29, 0.717) is 12.6 Å². The van der Waals surface area contributed by atoms with Crippen molar-refractivity contribution in [1.82, 2.24) is 15.2 Å². The molecule has 0 bridgehead atoms. The lowest BCUT2D eigenvalue weighted by atomic mass is 9.79. The van der Waals surface area contributed by atoms with E-state index < -0.39 is 0 Å². The molecule has 5 heteroatoms. The normalized spacial score (nSPS) is 18.4. The summed E-state index contributed by atoms with van der Waals surface area (Å²) in [7, 11) is 1.69. The van der Waals surface area contributed by atoms with Crippen molar-refractivity contribution in [2.75, 3.05) is 13.7 Å². The van der Waals surface area contributed by atoms with Crippen LogP contribution in [0.2, 0.25) is 0 Å². The summed E-state index contributed by atoms with van der Waals surface area (Å²) < 4.78 is 11.3. The quantitative estimate of drug-likeness (QED) is 0.676. The molecule has 30 heavy (non-hydrogen) atoms. The highest BCUT2D eigenvalue weighted by Gasteiger charge is 2.39. The van der Waals surface area contributed by atoms with Crippen LogP contribution in [-0.4, -0.2) is 40.7 Å². The summed E-state index contributed by atoms with van der Waals surface area (Å²) in [5.74, 6) is 1.60. The first-order chi connectivity index (χ1) is 14.2. The van der Waals surface area contributed by atoms with Crippen LogP contribution in [-0.2, 0) is 13.1 Å². The summed E-state index contributed by atoms with van der Waals surface area (Å²) >= 11 is 0. The predicted octanol–water partition coefficient (Wildman–Crippen LogP) is 4.80. The van der Waals surface area contributed by atoms with E-state index in [1.54, 1.807) is 7.11 Å². The Balaban J connectivity index is 1.89. The smallest absolute Gasteiger partial charge is 0.161 e. The highest BCUT2D eigenvalue weighted by Crippen LogP contribution is 2.34. The van der Waals surface area contributed by atoms with Crippen molar-refractivity contribution in [3.05, 3.63) is 53.9 Å². The molecular formula is C25H37N3O2. The van der Waals surface area contributed by atoms with E-state index >= 15 is 0 Å². The van der Waals surface area contributed by atoms with Crippen LogP contribution in [0.1, 0.15) is 58.6 Å². The molecule has 1 aromatic carbocycles. The largest absolute Gasteiger partial charge is 0.493 e. The Kier molecular flexibility index (Phi) is 7.04. The van der Waals surface area contributed by atoms with E-state index in [0.717, 1.165) is 37.4 Å². The highest BCUT2D eigenvalue weighted by atomic mass is 16.5. The van der Waals surface area contributed by atoms with Crippen molar-refractivity contribution in [2.24, 2.45) is 0 Å². The summed E-state index contributed by atoms with van der Waals surface area (Å²) in [6.07, 6.45) is 5.97. The van der Waals surface area contributed by atoms with Gasteiger partial charge in [0, 0.05) is 42.6 Å². The summed E-state index contributed by atoms with van der Waals surface area (Å²) in [4.78, 5) is 6.80. The number of aromatic nitrogens is 1. The maximum absolute atomic E-state index is 5.82. The molecule has 0 spiro atoms. The molecular weight excluding hydrogens is 374 g/mol. The fraction of sp³-hybridized carbons (Fsp3) is 0.560. The van der Waals surface area contributed by atoms with E-state index in [2.05, 4.69) is 67.2 Å². The maximum Gasteiger partial charge on any atom is 0.161 e. The van der Waals surface area contributed by atoms with Crippen LogP contribution in [0.4, 0.5) is 0 Å². The lowest BCUT2D eigenvalue weighted by molar-refractivity contribution is 0.0563. The first kappa shape index (κ1) is 22.6. The van der Waals surface area contributed by atoms with Gasteiger partial charge in [-0.3, -0.25) is 9.88 Å². The molecule has 3 rings (SSSR count). The van der Waals surface area contributed by atoms with Crippen LogP contribution in [0.15, 0.2) is 42.7 Å². The number of rotatable bonds is 8. The monoisotopic (exact) mass is 411 g/mol. The molecule has 0 radical (unpaired) electrons. The van der Waals surface area contributed by atoms with Gasteiger partial charge in [0.1, 0.15) is 0 Å². The number of piperidine rings is 1. The third kappa shape index (κ3) is 5.96. The van der Waals surface area contributed by atoms with Crippen molar-refractivity contribution in [2.45, 2.75) is 77.7 Å². The number of nitrogens with zero attached hydrogens (tertiary/aromatic N) is 2. The average Bonchev–Trinajstić information content (AvgIpc) is 2.66. The Morgan fingerprint density at radius 3 is 2.20 bits per heavy atom. The molecule has 1 aromatic heterocycles. The van der Waals surface area contributed by atoms with Crippen LogP contribution >= 0.6 is 0 Å². The van der Waals surface area contributed by atoms with Crippen molar-refractivity contribution < 1.29 is 9.47 Å². The predicted molar refractivity (Wildman–Crippen MR) is 122 cm³/mol. The second-order valence-electron chi connectivity index (χ2n) is 9.63. The maximum atomic E-state index is 5.82. The molecule has 2 heterocycles. The number of hydrogen-bond donors (Lipinski definition) is 1. The minimum absolute atomic E-state index is 0.0965. The first-order valence-electron chi connectivity index (χ1n) is 10.9. The third-order valence-corrected chi connectivity index (χ3v) is 5.73. The molecule has 0 unspecified atom stereocenters. The van der Waals surface area contributed by atoms with Gasteiger partial charge >= 0.3 is 0 Å². The molecule has 0 atom stereocenters. The molecule has 1 N–H and O–H groups in total. The van der Waals surface area contributed by atoms with Gasteiger partial charge in [0.25, 0.3) is 0 Å². The Morgan fingerprint density at radius 1 is 0.967 bits per heavy atom. The zero-order chi connectivity index (χ0) is 21.8. The van der Waals surface area contributed by atoms with Crippen molar-refractivity contribution in [3.63, 3.8) is 0 Å². The second-order valence-corrected chi connectivity index (χ2v) is 9.63. The Bertz CT molecular complexity index is 804. The number of benzene rings is 1. The summed E-state index contributed by atoms with van der Waals surface area (Å²) in [5, 5.41) is 3.81. The van der Waals surface area contributed by atoms with Crippen LogP contribution < -0.4 is 14.8 Å². The molecule has 1 aliphatic rings. The molecule has 2 aromatic rings. The van der Waals surface area contributed by atoms with Crippen molar-refractivity contribution in [3.8, 4) is 11.5 Å². The lowest BCUT2D eigenvalue weighted by Gasteiger charge is -2.49. The number of hydrogen-bond acceptors (Lipinski definition) is 5. The van der Waals surface area contributed by atoms with E-state index in [4.69, 9.17) is 9.47 Å². The third-order valence-electron chi connectivity index (χ3n) is 5.73. The molecule has 0 amide bonds. The van der Waals surface area contributed by atoms with E-state index in [9.17, 15) is 0 Å². The number of methoxy groups -OCH3 is 1. The summed E-state index contributed by atoms with van der Waals surface area (Å²) in [6, 6.07) is 11.0. The number of pyridine rings is 1. The van der Waals surface area contributed by atoms with Crippen LogP contribution in [0.25, 0.3) is 0 Å². The molecule has 1 aliphatic heterocycles. The highest BCUT2D eigenvalue weighted by molar-refractivity contribution is 5.43. The SMILES string of the molecule is CCOc1cc(CN(Cc2ccncc2)C2CC(C)(C)NC(C)(C)C2)ccc1OC. The average molecular weight is 412 g/mol. The minimum atomic E-state index is 0.0965. The van der Waals surface area contributed by atoms with E-state index in [1.165, 1.54) is 11.1 Å². The Labute approximate surface area is 181 Å². The van der Waals surface area contributed by atoms with Gasteiger partial charge in [-0.15, -0.1) is 0 Å². The van der Waals surface area contributed by atoms with Gasteiger partial charge in [0.05, 0.1) is 13.7 Å². The van der Waals surface area contributed by atoms with Crippen LogP contribution in [0, 0.1) is 0 Å². The van der Waals surface area contributed by atoms with Gasteiger partial charge in [-0.25, -0.2) is 0 Å². The number of nitrogens with one attached hydrogen (secondary N) is 1. The standard InChI is InChI=1S/C25H37N3O2/c1-7-30-23-14-20(8-9-22(23)29-6)18-28(17-19-10-12-26-13-11-19)21-15-24(2,3)27-25(4,5)16-21/h8-14,21,27H,7,15-18H2,1-6H3. The molecule has 0 aliphatic carbocycles. The lowest BCUT2D eigenvalue weighted by Crippen LogP contribution is -2.62. The van der Waals surface area contributed by atoms with Crippen molar-refractivity contribution >= 4 is 0 Å². The van der Waals surface area contributed by atoms with Crippen LogP contribution in [0.5, 0.6) is 11.5 Å². The van der Waals surface area contributed by atoms with Crippen LogP contribution in [0.3, 0.4) is 0 Å². The van der Waals surface area contributed by atoms with Gasteiger partial charge in [0.15, 0.2) is 11.5 Å². The Morgan fingerprint density at radius 2 is 1.60 bits per heavy atom. The number of ether oxygens (including phenoxy) is 2. The molecule has 0 saturated carbocycles. The van der Waals surface area contributed by atoms with Gasteiger partial charge < -0.3 is 14.8 Å². The van der Waals surface area contributed by atoms with Crippen molar-refractivity contribution in [1.29, 1.82) is 0 Å². The second kappa shape index (κ2) is 9.36. The van der Waals surface area contributed by atoms with Gasteiger partial charge in [0.2, 0.25) is 0 Å². The van der Waals surface area contributed by atoms with E-state index in [1.807, 2.05) is 25.4 Å². The van der Waals surface area contributed by atoms with Gasteiger partial charge in [-0.2, -0.15) is 0 Å². The fourth-order valence-corrected chi connectivity index (χ4v) is 4.89. The van der Waals surface area contributed by atoms with E-state index in [-0.39, 0.29) is 11.1 Å². The zero-order valence-corrected chi connectivity index (χ0v) is 19.4. The minimum Gasteiger partial charge on any atom is -0.493 e. The van der Waals surface area contributed by atoms with Gasteiger partial charge in [-0.05, 0) is 82.9 Å². The topological polar surface area (TPSA) is 46.6 Å². The molecule has 5 nitrogen and oxygen atoms in total. The molecule has 1 saturated heterocycles. The fourth-order valence-electron chi connectivity index (χ4n) is 4.89. The van der Waals surface area contributed by atoms with Gasteiger partial charge in [-0.1, -0.05) is 6.07 Å². The Hall–Kier alpha value is -2.11. The molecule has 1 fully saturated rings. The zero-order valence-electron chi connectivity index (χ0n) is 19.4. The summed E-state index contributed by atoms with van der Waals surface area (Å²) in [5.41, 5.74) is 2.72. The molecule has 164 valence electrons. The first-order valence-corrected chi connectivity index (χ1v) is 10.9. The summed E-state index contributed by atoms with van der Waals surface area (Å²) in [6.45, 7) is 13.6.